The highest BCUT2D eigenvalue weighted by Gasteiger charge is 2.66. The second-order valence-corrected chi connectivity index (χ2v) is 5.16. The molecule has 1 saturated carbocycles. The zero-order valence-corrected chi connectivity index (χ0v) is 11.6. The molecule has 0 aromatic carbocycles. The minimum Gasteiger partial charge on any atom is -0.469 e. The lowest BCUT2D eigenvalue weighted by Gasteiger charge is -2.39. The molecule has 0 amide bonds. The normalized spacial score (nSPS) is 32.5. The maximum Gasteiger partial charge on any atom is 0.317 e. The second-order valence-electron chi connectivity index (χ2n) is 5.16. The number of methoxy groups -OCH3 is 2. The molecule has 2 atom stereocenters. The summed E-state index contributed by atoms with van der Waals surface area (Å²) < 4.78 is 21.0. The van der Waals surface area contributed by atoms with Crippen molar-refractivity contribution in [3.8, 4) is 0 Å². The van der Waals surface area contributed by atoms with Gasteiger partial charge in [0.25, 0.3) is 0 Å². The first-order valence-electron chi connectivity index (χ1n) is 6.43. The number of hydrogen-bond donors (Lipinski definition) is 0. The summed E-state index contributed by atoms with van der Waals surface area (Å²) in [6.07, 6.45) is 1.41. The summed E-state index contributed by atoms with van der Waals surface area (Å²) in [5.41, 5.74) is -0.980. The van der Waals surface area contributed by atoms with Crippen molar-refractivity contribution in [1.82, 2.24) is 0 Å². The van der Waals surface area contributed by atoms with Crippen LogP contribution in [0.15, 0.2) is 0 Å². The summed E-state index contributed by atoms with van der Waals surface area (Å²) in [6, 6.07) is 0. The van der Waals surface area contributed by atoms with Crippen molar-refractivity contribution in [3.05, 3.63) is 0 Å². The van der Waals surface area contributed by atoms with Gasteiger partial charge in [0.05, 0.1) is 27.4 Å². The van der Waals surface area contributed by atoms with Crippen molar-refractivity contribution in [2.45, 2.75) is 32.0 Å². The van der Waals surface area contributed by atoms with Crippen molar-refractivity contribution in [2.75, 3.05) is 27.4 Å². The maximum atomic E-state index is 12.2. The van der Waals surface area contributed by atoms with E-state index in [9.17, 15) is 9.59 Å². The van der Waals surface area contributed by atoms with Crippen LogP contribution in [0.4, 0.5) is 0 Å². The Morgan fingerprint density at radius 1 is 1.21 bits per heavy atom. The Kier molecular flexibility index (Phi) is 3.82. The summed E-state index contributed by atoms with van der Waals surface area (Å²) in [5.74, 6) is -1.90. The van der Waals surface area contributed by atoms with Crippen LogP contribution >= 0.6 is 0 Å². The molecule has 1 aliphatic carbocycles. The second kappa shape index (κ2) is 5.09. The van der Waals surface area contributed by atoms with Gasteiger partial charge in [0.2, 0.25) is 0 Å². The molecule has 2 fully saturated rings. The molecule has 0 unspecified atom stereocenters. The molecule has 0 bridgehead atoms. The fourth-order valence-corrected chi connectivity index (χ4v) is 3.25. The predicted octanol–water partition coefficient (Wildman–Crippen LogP) is 0.882. The quantitative estimate of drug-likeness (QED) is 0.710. The van der Waals surface area contributed by atoms with E-state index in [1.165, 1.54) is 14.2 Å². The van der Waals surface area contributed by atoms with Crippen LogP contribution in [0.25, 0.3) is 0 Å². The lowest BCUT2D eigenvalue weighted by atomic mass is 9.74. The minimum absolute atomic E-state index is 0.163. The van der Waals surface area contributed by atoms with Crippen molar-refractivity contribution >= 4 is 11.9 Å². The lowest BCUT2D eigenvalue weighted by Crippen LogP contribution is -2.52. The van der Waals surface area contributed by atoms with Gasteiger partial charge in [0.15, 0.2) is 5.79 Å². The number of carbonyl (C=O) groups is 2. The number of hydrogen-bond acceptors (Lipinski definition) is 6. The van der Waals surface area contributed by atoms with E-state index in [0.717, 1.165) is 0 Å². The van der Waals surface area contributed by atoms with E-state index in [1.54, 1.807) is 6.92 Å². The smallest absolute Gasteiger partial charge is 0.317 e. The van der Waals surface area contributed by atoms with Gasteiger partial charge in [-0.05, 0) is 19.3 Å². The van der Waals surface area contributed by atoms with Crippen LogP contribution in [0.1, 0.15) is 26.2 Å². The van der Waals surface area contributed by atoms with Crippen LogP contribution in [0, 0.1) is 11.3 Å². The zero-order chi connectivity index (χ0) is 14.1. The standard InChI is InChI=1S/C13H20O6/c1-12(11(15)17-3)9(8-10(14)16-2)4-5-13(12)18-6-7-19-13/h9H,4-8H2,1-3H3/t9-,12-/m1/s1. The Hall–Kier alpha value is -1.14. The van der Waals surface area contributed by atoms with Crippen LogP contribution in [0.3, 0.4) is 0 Å². The van der Waals surface area contributed by atoms with E-state index in [-0.39, 0.29) is 18.3 Å². The fraction of sp³-hybridized carbons (Fsp3) is 0.846. The number of ether oxygens (including phenoxy) is 4. The first kappa shape index (κ1) is 14.3. The molecule has 1 heterocycles. The molecule has 6 nitrogen and oxygen atoms in total. The summed E-state index contributed by atoms with van der Waals surface area (Å²) in [7, 11) is 2.68. The van der Waals surface area contributed by atoms with E-state index < -0.39 is 17.2 Å². The van der Waals surface area contributed by atoms with E-state index in [2.05, 4.69) is 0 Å². The zero-order valence-electron chi connectivity index (χ0n) is 11.6. The van der Waals surface area contributed by atoms with E-state index in [4.69, 9.17) is 18.9 Å². The van der Waals surface area contributed by atoms with Gasteiger partial charge in [-0.3, -0.25) is 9.59 Å². The van der Waals surface area contributed by atoms with Crippen LogP contribution in [-0.4, -0.2) is 45.2 Å². The fourth-order valence-electron chi connectivity index (χ4n) is 3.25. The molecule has 6 heteroatoms. The molecule has 108 valence electrons. The number of rotatable bonds is 3. The van der Waals surface area contributed by atoms with Crippen molar-refractivity contribution < 1.29 is 28.5 Å². The summed E-state index contributed by atoms with van der Waals surface area (Å²) in [4.78, 5) is 23.8. The van der Waals surface area contributed by atoms with E-state index >= 15 is 0 Å². The van der Waals surface area contributed by atoms with Gasteiger partial charge in [-0.1, -0.05) is 0 Å². The first-order chi connectivity index (χ1) is 9.00. The Morgan fingerprint density at radius 3 is 2.37 bits per heavy atom. The highest BCUT2D eigenvalue weighted by molar-refractivity contribution is 5.80. The van der Waals surface area contributed by atoms with E-state index in [0.29, 0.717) is 26.1 Å². The molecule has 0 radical (unpaired) electrons. The van der Waals surface area contributed by atoms with Crippen LogP contribution in [0.5, 0.6) is 0 Å². The van der Waals surface area contributed by atoms with Gasteiger partial charge in [-0.15, -0.1) is 0 Å². The van der Waals surface area contributed by atoms with E-state index in [1.807, 2.05) is 0 Å². The van der Waals surface area contributed by atoms with Gasteiger partial charge in [0.1, 0.15) is 5.41 Å². The predicted molar refractivity (Wildman–Crippen MR) is 64.1 cm³/mol. The van der Waals surface area contributed by atoms with Gasteiger partial charge in [-0.2, -0.15) is 0 Å². The molecule has 19 heavy (non-hydrogen) atoms. The van der Waals surface area contributed by atoms with Crippen LogP contribution in [-0.2, 0) is 28.5 Å². The molecule has 1 aliphatic heterocycles. The maximum absolute atomic E-state index is 12.2. The summed E-state index contributed by atoms with van der Waals surface area (Å²) in [6.45, 7) is 2.67. The van der Waals surface area contributed by atoms with Crippen molar-refractivity contribution in [3.63, 3.8) is 0 Å². The molecular weight excluding hydrogens is 252 g/mol. The Balaban J connectivity index is 2.30. The summed E-state index contributed by atoms with van der Waals surface area (Å²) in [5, 5.41) is 0. The minimum atomic E-state index is -0.980. The molecule has 0 N–H and O–H groups in total. The molecule has 1 saturated heterocycles. The molecule has 2 aliphatic rings. The monoisotopic (exact) mass is 272 g/mol. The van der Waals surface area contributed by atoms with Crippen LogP contribution in [0.2, 0.25) is 0 Å². The summed E-state index contributed by atoms with van der Waals surface area (Å²) >= 11 is 0. The first-order valence-corrected chi connectivity index (χ1v) is 6.43. The number of esters is 2. The molecule has 0 aromatic heterocycles. The Labute approximate surface area is 112 Å². The Bertz CT molecular complexity index is 373. The van der Waals surface area contributed by atoms with Crippen LogP contribution < -0.4 is 0 Å². The van der Waals surface area contributed by atoms with Crippen molar-refractivity contribution in [1.29, 1.82) is 0 Å². The van der Waals surface area contributed by atoms with Crippen molar-refractivity contribution in [2.24, 2.45) is 11.3 Å². The lowest BCUT2D eigenvalue weighted by molar-refractivity contribution is -0.233. The molecule has 2 rings (SSSR count). The van der Waals surface area contributed by atoms with Gasteiger partial charge in [-0.25, -0.2) is 0 Å². The third-order valence-electron chi connectivity index (χ3n) is 4.43. The SMILES string of the molecule is COC(=O)C[C@H]1CCC2(OCCO2)[C@@]1(C)C(=O)OC. The average molecular weight is 272 g/mol. The highest BCUT2D eigenvalue weighted by atomic mass is 16.7. The third kappa shape index (κ3) is 2.03. The van der Waals surface area contributed by atoms with Gasteiger partial charge in [0, 0.05) is 12.8 Å². The third-order valence-corrected chi connectivity index (χ3v) is 4.43. The van der Waals surface area contributed by atoms with Gasteiger partial charge >= 0.3 is 11.9 Å². The highest BCUT2D eigenvalue weighted by Crippen LogP contribution is 2.56. The molecular formula is C13H20O6. The topological polar surface area (TPSA) is 71.1 Å². The van der Waals surface area contributed by atoms with Gasteiger partial charge < -0.3 is 18.9 Å². The molecule has 0 aromatic rings. The average Bonchev–Trinajstić information content (AvgIpc) is 3.00. The number of carbonyl (C=O) groups excluding carboxylic acids is 2. The largest absolute Gasteiger partial charge is 0.469 e. The Morgan fingerprint density at radius 2 is 1.84 bits per heavy atom. The molecule has 1 spiro atoms.